The molecule has 0 bridgehead atoms. The van der Waals surface area contributed by atoms with Crippen LogP contribution in [0, 0.1) is 11.6 Å². The lowest BCUT2D eigenvalue weighted by Gasteiger charge is -2.10. The van der Waals surface area contributed by atoms with Crippen LogP contribution in [0.5, 0.6) is 0 Å². The summed E-state index contributed by atoms with van der Waals surface area (Å²) in [6.45, 7) is 0. The van der Waals surface area contributed by atoms with Crippen LogP contribution in [0.3, 0.4) is 0 Å². The molecular formula is C26H28F2N6O3S. The first-order valence-electron chi connectivity index (χ1n) is 11.7. The summed E-state index contributed by atoms with van der Waals surface area (Å²) in [5, 5.41) is 23.8. The maximum Gasteiger partial charge on any atom is 0.259 e. The molecule has 9 nitrogen and oxygen atoms in total. The average Bonchev–Trinajstić information content (AvgIpc) is 3.31. The lowest BCUT2D eigenvalue weighted by Crippen LogP contribution is -2.28. The number of nitrogens with two attached hydrogens (primary N) is 2. The number of hydrogen-bond donors (Lipinski definition) is 5. The third kappa shape index (κ3) is 9.37. The Morgan fingerprint density at radius 3 is 2.45 bits per heavy atom. The fraction of sp³-hybridized carbons (Fsp3) is 0.231. The summed E-state index contributed by atoms with van der Waals surface area (Å²) in [5.41, 5.74) is 13.1. The molecule has 0 spiro atoms. The molecule has 1 unspecified atom stereocenters. The Labute approximate surface area is 222 Å². The number of carbonyl (C=O) groups is 2. The Morgan fingerprint density at radius 1 is 1.03 bits per heavy atom. The first kappa shape index (κ1) is 28.4. The molecule has 2 amide bonds. The molecule has 0 radical (unpaired) electrons. The second kappa shape index (κ2) is 14.0. The normalized spacial score (nSPS) is 12.7. The fourth-order valence-electron chi connectivity index (χ4n) is 3.38. The second-order valence-electron chi connectivity index (χ2n) is 8.38. The zero-order chi connectivity index (χ0) is 27.5. The van der Waals surface area contributed by atoms with Crippen molar-refractivity contribution >= 4 is 28.3 Å². The molecule has 38 heavy (non-hydrogen) atoms. The first-order chi connectivity index (χ1) is 18.2. The van der Waals surface area contributed by atoms with Gasteiger partial charge in [-0.1, -0.05) is 41.7 Å². The van der Waals surface area contributed by atoms with E-state index in [0.29, 0.717) is 29.6 Å². The molecule has 2 aromatic carbocycles. The lowest BCUT2D eigenvalue weighted by atomic mass is 10.1. The highest BCUT2D eigenvalue weighted by molar-refractivity contribution is 7.15. The van der Waals surface area contributed by atoms with E-state index in [-0.39, 0.29) is 28.8 Å². The largest absolute Gasteiger partial charge is 0.402 e. The van der Waals surface area contributed by atoms with Gasteiger partial charge in [-0.05, 0) is 54.7 Å². The van der Waals surface area contributed by atoms with Gasteiger partial charge in [-0.3, -0.25) is 14.9 Å². The first-order valence-corrected chi connectivity index (χ1v) is 12.5. The van der Waals surface area contributed by atoms with Gasteiger partial charge in [0.1, 0.15) is 22.5 Å². The molecular weight excluding hydrogens is 514 g/mol. The minimum absolute atomic E-state index is 0.162. The van der Waals surface area contributed by atoms with Crippen molar-refractivity contribution in [3.63, 3.8) is 0 Å². The van der Waals surface area contributed by atoms with Crippen LogP contribution in [0.2, 0.25) is 0 Å². The van der Waals surface area contributed by atoms with Gasteiger partial charge in [0.25, 0.3) is 5.91 Å². The second-order valence-corrected chi connectivity index (χ2v) is 9.44. The monoisotopic (exact) mass is 542 g/mol. The van der Waals surface area contributed by atoms with Gasteiger partial charge in [0.2, 0.25) is 11.0 Å². The van der Waals surface area contributed by atoms with E-state index < -0.39 is 23.6 Å². The minimum Gasteiger partial charge on any atom is -0.402 e. The van der Waals surface area contributed by atoms with Crippen molar-refractivity contribution in [3.05, 3.63) is 100.0 Å². The van der Waals surface area contributed by atoms with Gasteiger partial charge < -0.3 is 21.9 Å². The van der Waals surface area contributed by atoms with E-state index in [1.54, 1.807) is 12.2 Å². The number of benzene rings is 2. The van der Waals surface area contributed by atoms with Crippen LogP contribution in [0.1, 0.15) is 41.5 Å². The van der Waals surface area contributed by atoms with E-state index >= 15 is 0 Å². The molecule has 7 N–H and O–H groups in total. The van der Waals surface area contributed by atoms with Crippen LogP contribution < -0.4 is 22.1 Å². The number of halogens is 2. The van der Waals surface area contributed by atoms with E-state index in [9.17, 15) is 23.5 Å². The number of carbonyl (C=O) groups excluding carboxylic acids is 2. The highest BCUT2D eigenvalue weighted by Crippen LogP contribution is 2.21. The van der Waals surface area contributed by atoms with Crippen molar-refractivity contribution in [3.8, 4) is 0 Å². The molecule has 0 aliphatic heterocycles. The Balaban J connectivity index is 1.38. The molecule has 1 heterocycles. The van der Waals surface area contributed by atoms with Crippen molar-refractivity contribution in [2.75, 3.05) is 5.32 Å². The van der Waals surface area contributed by atoms with E-state index in [1.165, 1.54) is 0 Å². The Bertz CT molecular complexity index is 1290. The third-order valence-corrected chi connectivity index (χ3v) is 6.12. The highest BCUT2D eigenvalue weighted by atomic mass is 32.1. The summed E-state index contributed by atoms with van der Waals surface area (Å²) in [5.74, 6) is -2.69. The number of hydrogen-bond acceptors (Lipinski definition) is 8. The molecule has 0 saturated heterocycles. The molecule has 3 aromatic rings. The van der Waals surface area contributed by atoms with E-state index in [2.05, 4.69) is 20.8 Å². The van der Waals surface area contributed by atoms with Gasteiger partial charge in [0.15, 0.2) is 6.10 Å². The molecule has 200 valence electrons. The number of rotatable bonds is 12. The van der Waals surface area contributed by atoms with E-state index in [4.69, 9.17) is 11.5 Å². The Kier molecular flexibility index (Phi) is 10.4. The van der Waals surface area contributed by atoms with Crippen LogP contribution in [0.25, 0.3) is 0 Å². The SMILES string of the molecule is N/C(=C\C=C(/N)NC(=O)Cc1ccccc1)CCCCc1nnc(NC(=O)C(O)c2cc(F)cc(F)c2)s1. The van der Waals surface area contributed by atoms with Gasteiger partial charge in [-0.2, -0.15) is 0 Å². The maximum absolute atomic E-state index is 13.3. The molecule has 1 aromatic heterocycles. The number of nitrogens with zero attached hydrogens (tertiary/aromatic N) is 2. The van der Waals surface area contributed by atoms with Crippen molar-refractivity contribution in [2.24, 2.45) is 11.5 Å². The fourth-order valence-corrected chi connectivity index (χ4v) is 4.16. The maximum atomic E-state index is 13.3. The van der Waals surface area contributed by atoms with Crippen LogP contribution in [-0.4, -0.2) is 27.1 Å². The van der Waals surface area contributed by atoms with Crippen molar-refractivity contribution in [1.29, 1.82) is 0 Å². The molecule has 3 rings (SSSR count). The number of aliphatic hydroxyl groups excluding tert-OH is 1. The molecule has 0 aliphatic rings. The Morgan fingerprint density at radius 2 is 1.74 bits per heavy atom. The highest BCUT2D eigenvalue weighted by Gasteiger charge is 2.20. The zero-order valence-corrected chi connectivity index (χ0v) is 21.2. The van der Waals surface area contributed by atoms with Crippen LogP contribution in [0.4, 0.5) is 13.9 Å². The predicted octanol–water partition coefficient (Wildman–Crippen LogP) is 3.20. The number of allylic oxidation sites excluding steroid dienone is 3. The number of aliphatic hydroxyl groups is 1. The van der Waals surface area contributed by atoms with Crippen LogP contribution in [0.15, 0.2) is 72.2 Å². The predicted molar refractivity (Wildman–Crippen MR) is 140 cm³/mol. The van der Waals surface area contributed by atoms with Crippen molar-refractivity contribution in [1.82, 2.24) is 15.5 Å². The average molecular weight is 543 g/mol. The number of nitrogens with one attached hydrogen (secondary N) is 2. The van der Waals surface area contributed by atoms with Gasteiger partial charge in [-0.15, -0.1) is 10.2 Å². The smallest absolute Gasteiger partial charge is 0.259 e. The van der Waals surface area contributed by atoms with Gasteiger partial charge in [0.05, 0.1) is 6.42 Å². The summed E-state index contributed by atoms with van der Waals surface area (Å²) in [6, 6.07) is 11.7. The summed E-state index contributed by atoms with van der Waals surface area (Å²) < 4.78 is 26.7. The Hall–Kier alpha value is -4.16. The van der Waals surface area contributed by atoms with Gasteiger partial charge >= 0.3 is 0 Å². The molecule has 0 aliphatic carbocycles. The number of anilines is 1. The zero-order valence-electron chi connectivity index (χ0n) is 20.4. The molecule has 0 saturated carbocycles. The number of aryl methyl sites for hydroxylation is 1. The van der Waals surface area contributed by atoms with Gasteiger partial charge in [-0.25, -0.2) is 8.78 Å². The number of unbranched alkanes of at least 4 members (excludes halogenated alkanes) is 1. The standard InChI is InChI=1S/C26H28F2N6O3S/c27-18-13-17(14-19(28)15-18)24(36)25(37)32-26-34-33-23(38-26)9-5-4-8-20(29)10-11-21(30)31-22(35)12-16-6-2-1-3-7-16/h1-3,6-7,10-11,13-15,24,36H,4-5,8-9,12,29-30H2,(H,31,35)(H,32,34,37)/b20-10-,21-11+. The number of aromatic nitrogens is 2. The third-order valence-electron chi connectivity index (χ3n) is 5.22. The van der Waals surface area contributed by atoms with E-state index in [1.807, 2.05) is 30.3 Å². The van der Waals surface area contributed by atoms with Crippen LogP contribution >= 0.6 is 11.3 Å². The molecule has 0 fully saturated rings. The summed E-state index contributed by atoms with van der Waals surface area (Å²) >= 11 is 1.13. The van der Waals surface area contributed by atoms with Crippen molar-refractivity contribution < 1.29 is 23.5 Å². The summed E-state index contributed by atoms with van der Waals surface area (Å²) in [4.78, 5) is 24.2. The number of amides is 2. The molecule has 1 atom stereocenters. The van der Waals surface area contributed by atoms with Crippen molar-refractivity contribution in [2.45, 2.75) is 38.2 Å². The lowest BCUT2D eigenvalue weighted by molar-refractivity contribution is -0.124. The summed E-state index contributed by atoms with van der Waals surface area (Å²) in [7, 11) is 0. The van der Waals surface area contributed by atoms with Gasteiger partial charge in [0, 0.05) is 18.2 Å². The topological polar surface area (TPSA) is 156 Å². The van der Waals surface area contributed by atoms with E-state index in [0.717, 1.165) is 41.9 Å². The summed E-state index contributed by atoms with van der Waals surface area (Å²) in [6.07, 6.45) is 4.34. The minimum atomic E-state index is -1.76. The quantitative estimate of drug-likeness (QED) is 0.174. The van der Waals surface area contributed by atoms with Crippen LogP contribution in [-0.2, 0) is 22.4 Å². The molecule has 12 heteroatoms.